The van der Waals surface area contributed by atoms with E-state index in [0.717, 1.165) is 48.9 Å². The fourth-order valence-corrected chi connectivity index (χ4v) is 5.22. The Bertz CT molecular complexity index is 1010. The van der Waals surface area contributed by atoms with E-state index in [1.54, 1.807) is 12.4 Å². The summed E-state index contributed by atoms with van der Waals surface area (Å²) in [5.74, 6) is 0.306. The van der Waals surface area contributed by atoms with Gasteiger partial charge in [0.25, 0.3) is 0 Å². The summed E-state index contributed by atoms with van der Waals surface area (Å²) in [6.07, 6.45) is 10.6. The number of anilines is 1. The number of hydrogen-bond donors (Lipinski definition) is 2. The first-order valence-corrected chi connectivity index (χ1v) is 12.7. The van der Waals surface area contributed by atoms with E-state index in [-0.39, 0.29) is 30.4 Å². The molecule has 0 bridgehead atoms. The molecule has 2 aromatic rings. The summed E-state index contributed by atoms with van der Waals surface area (Å²) in [5, 5.41) is 5.90. The van der Waals surface area contributed by atoms with E-state index in [2.05, 4.69) is 39.3 Å². The SMILES string of the molecule is C=C1CC(OC(=O)C2(c3ccccc3)CCCCCC2)C1CCNCC(=O)Nc1cnc(C)cn1. The van der Waals surface area contributed by atoms with E-state index in [1.165, 1.54) is 12.8 Å². The maximum Gasteiger partial charge on any atom is 0.316 e. The molecule has 7 heteroatoms. The van der Waals surface area contributed by atoms with Gasteiger partial charge in [-0.15, -0.1) is 0 Å². The molecular weight excluding hydrogens is 440 g/mol. The molecule has 2 saturated carbocycles. The molecule has 2 aliphatic rings. The van der Waals surface area contributed by atoms with Gasteiger partial charge in [-0.3, -0.25) is 14.6 Å². The first-order chi connectivity index (χ1) is 17.0. The second kappa shape index (κ2) is 11.6. The molecule has 1 heterocycles. The number of carbonyl (C=O) groups is 2. The van der Waals surface area contributed by atoms with Gasteiger partial charge in [0.2, 0.25) is 5.91 Å². The summed E-state index contributed by atoms with van der Waals surface area (Å²) >= 11 is 0. The normalized spacial score (nSPS) is 21.5. The summed E-state index contributed by atoms with van der Waals surface area (Å²) in [7, 11) is 0. The van der Waals surface area contributed by atoms with Crippen molar-refractivity contribution in [2.75, 3.05) is 18.4 Å². The second-order valence-corrected chi connectivity index (χ2v) is 9.83. The molecule has 0 aliphatic heterocycles. The molecule has 0 radical (unpaired) electrons. The maximum atomic E-state index is 13.6. The van der Waals surface area contributed by atoms with E-state index >= 15 is 0 Å². The standard InChI is InChI=1S/C28H36N4O3/c1-20-16-24(23(20)12-15-29-19-26(33)32-25-18-30-21(2)17-31-25)35-27(34)28(13-8-3-4-9-14-28)22-10-6-5-7-11-22/h5-7,10-11,17-18,23-24,29H,1,3-4,8-9,12-16,19H2,2H3,(H,31,32,33). The van der Waals surface area contributed by atoms with E-state index < -0.39 is 5.41 Å². The third-order valence-corrected chi connectivity index (χ3v) is 7.34. The lowest BCUT2D eigenvalue weighted by atomic mass is 9.72. The molecule has 4 rings (SSSR count). The van der Waals surface area contributed by atoms with Crippen LogP contribution >= 0.6 is 0 Å². The number of esters is 1. The lowest BCUT2D eigenvalue weighted by Gasteiger charge is -2.41. The van der Waals surface area contributed by atoms with E-state index in [4.69, 9.17) is 4.74 Å². The Hall–Kier alpha value is -3.06. The van der Waals surface area contributed by atoms with E-state index in [1.807, 2.05) is 25.1 Å². The summed E-state index contributed by atoms with van der Waals surface area (Å²) < 4.78 is 6.17. The molecule has 2 N–H and O–H groups in total. The number of aromatic nitrogens is 2. The molecule has 7 nitrogen and oxygen atoms in total. The van der Waals surface area contributed by atoms with Crippen LogP contribution in [0.4, 0.5) is 5.82 Å². The average Bonchev–Trinajstić information content (AvgIpc) is 3.13. The number of carbonyl (C=O) groups excluding carboxylic acids is 2. The molecule has 0 saturated heterocycles. The molecule has 1 aromatic heterocycles. The Labute approximate surface area is 207 Å². The summed E-state index contributed by atoms with van der Waals surface area (Å²) in [6.45, 7) is 6.82. The zero-order valence-corrected chi connectivity index (χ0v) is 20.6. The van der Waals surface area contributed by atoms with Gasteiger partial charge >= 0.3 is 5.97 Å². The molecule has 0 spiro atoms. The summed E-state index contributed by atoms with van der Waals surface area (Å²) in [4.78, 5) is 34.0. The molecule has 1 amide bonds. The lowest BCUT2D eigenvalue weighted by molar-refractivity contribution is -0.162. The molecule has 2 unspecified atom stereocenters. The smallest absolute Gasteiger partial charge is 0.316 e. The largest absolute Gasteiger partial charge is 0.461 e. The zero-order valence-electron chi connectivity index (χ0n) is 20.6. The van der Waals surface area contributed by atoms with Crippen LogP contribution in [0.25, 0.3) is 0 Å². The quantitative estimate of drug-likeness (QED) is 0.240. The highest BCUT2D eigenvalue weighted by Crippen LogP contribution is 2.43. The Morgan fingerprint density at radius 1 is 1.09 bits per heavy atom. The fourth-order valence-electron chi connectivity index (χ4n) is 5.22. The number of amides is 1. The van der Waals surface area contributed by atoms with Gasteiger partial charge in [0, 0.05) is 12.3 Å². The van der Waals surface area contributed by atoms with Gasteiger partial charge in [0.1, 0.15) is 6.10 Å². The highest BCUT2D eigenvalue weighted by molar-refractivity contribution is 5.91. The van der Waals surface area contributed by atoms with Crippen molar-refractivity contribution in [1.29, 1.82) is 0 Å². The molecule has 2 fully saturated rings. The molecule has 35 heavy (non-hydrogen) atoms. The predicted octanol–water partition coefficient (Wildman–Crippen LogP) is 4.48. The van der Waals surface area contributed by atoms with Crippen molar-refractivity contribution in [1.82, 2.24) is 15.3 Å². The van der Waals surface area contributed by atoms with Crippen LogP contribution in [0.3, 0.4) is 0 Å². The van der Waals surface area contributed by atoms with Gasteiger partial charge in [0.15, 0.2) is 5.82 Å². The number of hydrogen-bond acceptors (Lipinski definition) is 6. The van der Waals surface area contributed by atoms with Gasteiger partial charge in [-0.2, -0.15) is 0 Å². The van der Waals surface area contributed by atoms with Crippen molar-refractivity contribution >= 4 is 17.7 Å². The number of benzene rings is 1. The van der Waals surface area contributed by atoms with Crippen LogP contribution in [0.1, 0.15) is 62.6 Å². The van der Waals surface area contributed by atoms with Gasteiger partial charge in [0.05, 0.1) is 30.0 Å². The van der Waals surface area contributed by atoms with Crippen LogP contribution in [0.2, 0.25) is 0 Å². The van der Waals surface area contributed by atoms with Crippen molar-refractivity contribution < 1.29 is 14.3 Å². The highest BCUT2D eigenvalue weighted by Gasteiger charge is 2.45. The third kappa shape index (κ3) is 6.14. The Morgan fingerprint density at radius 2 is 1.83 bits per heavy atom. The van der Waals surface area contributed by atoms with Crippen molar-refractivity contribution in [2.24, 2.45) is 5.92 Å². The van der Waals surface area contributed by atoms with Crippen LogP contribution < -0.4 is 10.6 Å². The molecule has 2 aliphatic carbocycles. The zero-order chi connectivity index (χ0) is 24.7. The molecular formula is C28H36N4O3. The first kappa shape index (κ1) is 25.0. The van der Waals surface area contributed by atoms with Crippen molar-refractivity contribution in [3.63, 3.8) is 0 Å². The van der Waals surface area contributed by atoms with Crippen molar-refractivity contribution in [3.05, 3.63) is 66.1 Å². The number of nitrogens with zero attached hydrogens (tertiary/aromatic N) is 2. The second-order valence-electron chi connectivity index (χ2n) is 9.83. The van der Waals surface area contributed by atoms with Gasteiger partial charge in [-0.25, -0.2) is 4.98 Å². The van der Waals surface area contributed by atoms with Crippen LogP contribution in [0.15, 0.2) is 54.9 Å². The lowest BCUT2D eigenvalue weighted by Crippen LogP contribution is -2.45. The Kier molecular flexibility index (Phi) is 8.29. The van der Waals surface area contributed by atoms with E-state index in [9.17, 15) is 9.59 Å². The maximum absolute atomic E-state index is 13.6. The van der Waals surface area contributed by atoms with Crippen LogP contribution in [-0.2, 0) is 19.7 Å². The van der Waals surface area contributed by atoms with Gasteiger partial charge in [-0.1, -0.05) is 68.2 Å². The summed E-state index contributed by atoms with van der Waals surface area (Å²) in [6, 6.07) is 10.2. The monoisotopic (exact) mass is 476 g/mol. The minimum absolute atomic E-state index is 0.0837. The molecule has 186 valence electrons. The summed E-state index contributed by atoms with van der Waals surface area (Å²) in [5.41, 5.74) is 2.44. The van der Waals surface area contributed by atoms with Crippen molar-refractivity contribution in [3.8, 4) is 0 Å². The van der Waals surface area contributed by atoms with Crippen LogP contribution in [0.5, 0.6) is 0 Å². The molecule has 1 aromatic carbocycles. The number of nitrogens with one attached hydrogen (secondary N) is 2. The minimum atomic E-state index is -0.547. The predicted molar refractivity (Wildman–Crippen MR) is 136 cm³/mol. The van der Waals surface area contributed by atoms with Crippen LogP contribution in [0, 0.1) is 12.8 Å². The Morgan fingerprint density at radius 3 is 2.49 bits per heavy atom. The van der Waals surface area contributed by atoms with Crippen molar-refractivity contribution in [2.45, 2.75) is 69.8 Å². The number of rotatable bonds is 9. The number of aryl methyl sites for hydroxylation is 1. The average molecular weight is 477 g/mol. The topological polar surface area (TPSA) is 93.2 Å². The van der Waals surface area contributed by atoms with Crippen LogP contribution in [-0.4, -0.2) is 41.0 Å². The Balaban J connectivity index is 1.28. The number of ether oxygens (including phenoxy) is 1. The molecule has 2 atom stereocenters. The minimum Gasteiger partial charge on any atom is -0.461 e. The van der Waals surface area contributed by atoms with Gasteiger partial charge < -0.3 is 15.4 Å². The first-order valence-electron chi connectivity index (χ1n) is 12.7. The van der Waals surface area contributed by atoms with Gasteiger partial charge in [-0.05, 0) is 38.3 Å². The third-order valence-electron chi connectivity index (χ3n) is 7.34. The highest BCUT2D eigenvalue weighted by atomic mass is 16.5. The van der Waals surface area contributed by atoms with E-state index in [0.29, 0.717) is 18.8 Å². The fraction of sp³-hybridized carbons (Fsp3) is 0.500.